The molecule has 32 heteroatoms. The number of hydrogen-bond acceptors (Lipinski definition) is 22. The van der Waals surface area contributed by atoms with Crippen LogP contribution in [0.15, 0.2) is 135 Å². The third-order valence-electron chi connectivity index (χ3n) is 26.5. The maximum Gasteiger partial charge on any atom is 0.418 e. The SMILES string of the molecule is S.[C-]#[N+]CC1CN(c2nc(OC[C@@H]3CCCN3C)nc3c2CCN(c2cccc(C)c2C(F)(F)F)C3)CCN1C(=O)C=C.[C-]#[N+]CC1CN(c2nc(OC[C@@H]3CCCN3C)nc3c2CCN(c2cccc4ncccc24)C3)CCN1C(=O)C=C.[C-]#[N+]CC1CN(c2nc(OC[C@@H]3CCCN3CCCC)nc3c2CCN(c2cccc4ccccc24)C3)CCN1C(=O)C=C. The van der Waals surface area contributed by atoms with Gasteiger partial charge in [0, 0.05) is 147 Å². The van der Waals surface area contributed by atoms with Gasteiger partial charge in [-0.1, -0.05) is 87.7 Å². The predicted octanol–water partition coefficient (Wildman–Crippen LogP) is 12.2. The first kappa shape index (κ1) is 92.3. The minimum absolute atomic E-state index is 0. The molecule has 0 spiro atoms. The van der Waals surface area contributed by atoms with Gasteiger partial charge in [-0.3, -0.25) is 24.3 Å². The van der Waals surface area contributed by atoms with Gasteiger partial charge < -0.3 is 82.6 Å². The van der Waals surface area contributed by atoms with E-state index < -0.39 is 11.7 Å². The largest absolute Gasteiger partial charge is 0.462 e. The lowest BCUT2D eigenvalue weighted by Gasteiger charge is -2.41. The number of anilines is 6. The minimum atomic E-state index is -4.49. The average molecular weight is 1760 g/mol. The van der Waals surface area contributed by atoms with Crippen molar-refractivity contribution in [3.8, 4) is 18.0 Å². The number of carbonyl (C=O) groups excluding carboxylic acids is 3. The summed E-state index contributed by atoms with van der Waals surface area (Å²) in [6.07, 6.45) is 12.4. The lowest BCUT2D eigenvalue weighted by atomic mass is 10.00. The molecule has 17 rings (SSSR count). The van der Waals surface area contributed by atoms with Crippen LogP contribution in [0.4, 0.5) is 47.7 Å². The molecule has 9 aliphatic rings. The van der Waals surface area contributed by atoms with Gasteiger partial charge in [-0.15, -0.1) is 0 Å². The van der Waals surface area contributed by atoms with E-state index in [0.717, 1.165) is 134 Å². The van der Waals surface area contributed by atoms with Gasteiger partial charge in [0.2, 0.25) is 37.4 Å². The number of aromatic nitrogens is 7. The number of unbranched alkanes of at least 4 members (excludes halogenated alkanes) is 1. The van der Waals surface area contributed by atoms with Crippen LogP contribution in [0.2, 0.25) is 0 Å². The number of fused-ring (bicyclic) bond motifs is 5. The van der Waals surface area contributed by atoms with Crippen LogP contribution in [0.25, 0.3) is 36.2 Å². The van der Waals surface area contributed by atoms with Crippen LogP contribution in [0.5, 0.6) is 18.0 Å². The topological polar surface area (TPSA) is 221 Å². The van der Waals surface area contributed by atoms with Gasteiger partial charge in [0.05, 0.1) is 47.8 Å². The molecule has 674 valence electrons. The number of nitrogens with zero attached hydrogens (tertiary/aromatic N) is 22. The lowest BCUT2D eigenvalue weighted by Crippen LogP contribution is -2.56. The molecule has 6 fully saturated rings. The molecule has 8 aromatic rings. The normalized spacial score (nSPS) is 20.7. The number of piperazine rings is 3. The first-order valence-corrected chi connectivity index (χ1v) is 44.7. The Morgan fingerprint density at radius 2 is 0.883 bits per heavy atom. The molecule has 0 bridgehead atoms. The van der Waals surface area contributed by atoms with Crippen molar-refractivity contribution in [3.05, 3.63) is 214 Å². The Morgan fingerprint density at radius 1 is 0.477 bits per heavy atom. The first-order valence-electron chi connectivity index (χ1n) is 44.7. The van der Waals surface area contributed by atoms with Crippen molar-refractivity contribution in [1.82, 2.24) is 64.3 Å². The van der Waals surface area contributed by atoms with E-state index in [4.69, 9.17) is 63.8 Å². The van der Waals surface area contributed by atoms with Gasteiger partial charge in [-0.05, 0) is 177 Å². The third kappa shape index (κ3) is 20.9. The quantitative estimate of drug-likeness (QED) is 0.0405. The van der Waals surface area contributed by atoms with Crippen molar-refractivity contribution in [2.24, 2.45) is 0 Å². The van der Waals surface area contributed by atoms with Gasteiger partial charge in [-0.2, -0.15) is 56.6 Å². The summed E-state index contributed by atoms with van der Waals surface area (Å²) in [6.45, 7) is 51.8. The fourth-order valence-electron chi connectivity index (χ4n) is 19.7. The van der Waals surface area contributed by atoms with E-state index in [9.17, 15) is 27.6 Å². The number of alkyl halides is 3. The summed E-state index contributed by atoms with van der Waals surface area (Å²) in [7, 11) is 4.19. The fraction of sp³-hybridized carbons (Fsp3) is 0.490. The monoisotopic (exact) mass is 1760 g/mol. The van der Waals surface area contributed by atoms with Crippen LogP contribution in [-0.4, -0.2) is 277 Å². The number of amides is 3. The maximum atomic E-state index is 14.1. The molecule has 0 radical (unpaired) electrons. The third-order valence-corrected chi connectivity index (χ3v) is 26.5. The van der Waals surface area contributed by atoms with Crippen LogP contribution in [0.1, 0.15) is 103 Å². The molecular formula is C96H117F3N22O6S. The number of rotatable bonds is 24. The Balaban J connectivity index is 0.000000155. The van der Waals surface area contributed by atoms with Crippen molar-refractivity contribution in [1.29, 1.82) is 0 Å². The van der Waals surface area contributed by atoms with Crippen LogP contribution in [0.3, 0.4) is 0 Å². The molecular weight excluding hydrogens is 1650 g/mol. The number of carbonyl (C=O) groups is 3. The van der Waals surface area contributed by atoms with Crippen molar-refractivity contribution in [3.63, 3.8) is 0 Å². The van der Waals surface area contributed by atoms with Crippen LogP contribution >= 0.6 is 13.5 Å². The minimum Gasteiger partial charge on any atom is -0.462 e. The number of likely N-dealkylation sites (tertiary alicyclic amines) is 3. The van der Waals surface area contributed by atoms with E-state index in [2.05, 4.69) is 160 Å². The molecule has 3 unspecified atom stereocenters. The van der Waals surface area contributed by atoms with Crippen LogP contribution in [0, 0.1) is 26.6 Å². The zero-order chi connectivity index (χ0) is 88.8. The summed E-state index contributed by atoms with van der Waals surface area (Å²) in [5, 5.41) is 3.59. The summed E-state index contributed by atoms with van der Waals surface area (Å²) >= 11 is 0. The molecule has 4 aromatic carbocycles. The summed E-state index contributed by atoms with van der Waals surface area (Å²) in [5.74, 6) is 1.94. The molecule has 6 atom stereocenters. The summed E-state index contributed by atoms with van der Waals surface area (Å²) in [5.41, 5.74) is 8.72. The Morgan fingerprint density at radius 3 is 1.33 bits per heavy atom. The number of likely N-dealkylation sites (N-methyl/N-ethyl adjacent to an activating group) is 2. The zero-order valence-corrected chi connectivity index (χ0v) is 74.9. The van der Waals surface area contributed by atoms with Gasteiger partial charge in [0.25, 0.3) is 0 Å². The number of halogens is 3. The molecule has 3 amide bonds. The highest BCUT2D eigenvalue weighted by Gasteiger charge is 2.42. The Hall–Kier alpha value is -11.9. The number of hydrogen-bond donors (Lipinski definition) is 0. The number of aryl methyl sites for hydroxylation is 1. The molecule has 4 aromatic heterocycles. The Kier molecular flexibility index (Phi) is 30.5. The van der Waals surface area contributed by atoms with E-state index >= 15 is 0 Å². The van der Waals surface area contributed by atoms with Gasteiger partial charge in [0.1, 0.15) is 55.4 Å². The first-order chi connectivity index (χ1) is 61.7. The zero-order valence-electron chi connectivity index (χ0n) is 73.9. The second-order valence-electron chi connectivity index (χ2n) is 34.3. The maximum absolute atomic E-state index is 14.1. The highest BCUT2D eigenvalue weighted by Crippen LogP contribution is 2.43. The van der Waals surface area contributed by atoms with Gasteiger partial charge in [0.15, 0.2) is 0 Å². The summed E-state index contributed by atoms with van der Waals surface area (Å²) in [6, 6.07) is 31.2. The molecule has 128 heavy (non-hydrogen) atoms. The summed E-state index contributed by atoms with van der Waals surface area (Å²) in [4.78, 5) is 108. The van der Waals surface area contributed by atoms with Crippen molar-refractivity contribution in [2.45, 2.75) is 147 Å². The molecule has 0 N–H and O–H groups in total. The van der Waals surface area contributed by atoms with Crippen molar-refractivity contribution in [2.75, 3.05) is 188 Å². The molecule has 13 heterocycles. The van der Waals surface area contributed by atoms with Crippen molar-refractivity contribution < 1.29 is 41.8 Å². The van der Waals surface area contributed by atoms with E-state index in [1.54, 1.807) is 25.7 Å². The molecule has 6 saturated heterocycles. The summed E-state index contributed by atoms with van der Waals surface area (Å²) < 4.78 is 61.1. The highest BCUT2D eigenvalue weighted by atomic mass is 32.1. The number of benzene rings is 4. The second-order valence-corrected chi connectivity index (χ2v) is 34.3. The molecule has 9 aliphatic heterocycles. The number of pyridine rings is 1. The highest BCUT2D eigenvalue weighted by molar-refractivity contribution is 7.59. The van der Waals surface area contributed by atoms with Crippen LogP contribution < -0.4 is 43.6 Å². The van der Waals surface area contributed by atoms with Gasteiger partial charge in [-0.25, -0.2) is 19.7 Å². The Labute approximate surface area is 755 Å². The van der Waals surface area contributed by atoms with Crippen molar-refractivity contribution >= 4 is 87.4 Å². The molecule has 28 nitrogen and oxygen atoms in total. The standard InChI is InChI=1S/C35H43N7O2.C31H36N8O2.C30H36F3N7O2.H2S/c1-4-6-17-39-18-10-13-27(39)25-44-35-37-31-24-40(32-15-9-12-26-11-7-8-14-29(26)32)19-16-30(31)34(38-35)41-20-21-42(33(43)5-2)28(23-41)22-36-3;1-4-29(40)39-17-16-38(19-23(39)18-32-2)30-25-12-15-37(28-11-5-10-26-24(28)9-6-13-33-26)20-27(25)34-31(35-30)41-21-22-8-7-14-36(22)3;1-5-26(41)40-15-14-39(17-22(40)16-34-3)28-23-11-13-38(25-10-6-8-20(2)27(25)30(31,32)33)18-24(23)35-29(36-28)42-19-21-9-7-12-37(21)4;/h5,7-9,11-12,14-15,27-28H,2,4,6,10,13,16-25H2,1H3;4-6,9-11,13,22-23H,1,7-8,12,14-21H2,3H3;5-6,8,10,21-22H,1,7,9,11-19H2,2,4H3;1H2/t27-,28?;22-,23?;21-,22?;/m000./s1. The predicted molar refractivity (Wildman–Crippen MR) is 498 cm³/mol. The fourth-order valence-corrected chi connectivity index (χ4v) is 19.7. The van der Waals surface area contributed by atoms with Gasteiger partial charge >= 0.3 is 24.2 Å². The van der Waals surface area contributed by atoms with Crippen LogP contribution in [-0.2, 0) is 59.5 Å². The van der Waals surface area contributed by atoms with E-state index in [1.807, 2.05) is 18.3 Å². The number of ether oxygens (including phenoxy) is 3. The Bertz CT molecular complexity index is 5440. The average Bonchev–Trinajstić information content (AvgIpc) is 1.29. The second kappa shape index (κ2) is 42.4. The van der Waals surface area contributed by atoms with E-state index in [-0.39, 0.29) is 98.8 Å². The van der Waals surface area contributed by atoms with E-state index in [0.29, 0.717) is 140 Å². The molecule has 0 aliphatic carbocycles. The molecule has 0 saturated carbocycles. The smallest absolute Gasteiger partial charge is 0.418 e. The van der Waals surface area contributed by atoms with E-state index in [1.165, 1.54) is 79.4 Å². The lowest BCUT2D eigenvalue weighted by molar-refractivity contribution is -0.137.